The van der Waals surface area contributed by atoms with Gasteiger partial charge in [-0.25, -0.2) is 0 Å². The van der Waals surface area contributed by atoms with Gasteiger partial charge in [0.25, 0.3) is 0 Å². The Morgan fingerprint density at radius 3 is 1.80 bits per heavy atom. The summed E-state index contributed by atoms with van der Waals surface area (Å²) in [5.74, 6) is 2.57. The Morgan fingerprint density at radius 1 is 0.771 bits per heavy atom. The van der Waals surface area contributed by atoms with Gasteiger partial charge in [0.05, 0.1) is 0 Å². The zero-order valence-corrected chi connectivity index (χ0v) is 21.4. The number of piperidine rings is 1. The summed E-state index contributed by atoms with van der Waals surface area (Å²) in [7, 11) is 7.88. The van der Waals surface area contributed by atoms with Crippen LogP contribution < -0.4 is 20.0 Å². The molecule has 0 bridgehead atoms. The van der Waals surface area contributed by atoms with Crippen LogP contribution in [0.15, 0.2) is 48.5 Å². The summed E-state index contributed by atoms with van der Waals surface area (Å²) >= 11 is 0. The van der Waals surface area contributed by atoms with Gasteiger partial charge in [0.2, 0.25) is 17.8 Å². The molecule has 1 aliphatic carbocycles. The summed E-state index contributed by atoms with van der Waals surface area (Å²) in [6.07, 6.45) is 4.41. The second kappa shape index (κ2) is 10.2. The van der Waals surface area contributed by atoms with Crippen LogP contribution in [-0.4, -0.2) is 68.8 Å². The van der Waals surface area contributed by atoms with E-state index in [0.29, 0.717) is 23.9 Å². The Labute approximate surface area is 209 Å². The molecule has 35 heavy (non-hydrogen) atoms. The number of nitrogens with zero attached hydrogens (tertiary/aromatic N) is 6. The highest BCUT2D eigenvalue weighted by molar-refractivity contribution is 5.46. The maximum atomic E-state index is 4.73. The van der Waals surface area contributed by atoms with Gasteiger partial charge in [0.15, 0.2) is 0 Å². The predicted molar refractivity (Wildman–Crippen MR) is 144 cm³/mol. The lowest BCUT2D eigenvalue weighted by Gasteiger charge is -2.34. The number of aromatic nitrogens is 3. The molecule has 0 radical (unpaired) electrons. The van der Waals surface area contributed by atoms with E-state index in [0.717, 1.165) is 51.3 Å². The molecule has 7 heteroatoms. The van der Waals surface area contributed by atoms with Crippen LogP contribution in [0.5, 0.6) is 0 Å². The molecule has 0 unspecified atom stereocenters. The smallest absolute Gasteiger partial charge is 0.231 e. The molecule has 0 amide bonds. The minimum Gasteiger partial charge on any atom is -0.347 e. The van der Waals surface area contributed by atoms with E-state index in [-0.39, 0.29) is 0 Å². The standard InChI is InChI=1S/C28H37N7/c1-33(2)26-30-27(34(3)4)32-28(31-26)35-17-15-22(16-18-35)29-19-25-23-11-7-5-9-20(23)13-14-21-10-6-8-12-24(21)25/h5-12,22,25,29H,13-19H2,1-4H3. The first-order valence-corrected chi connectivity index (χ1v) is 12.7. The van der Waals surface area contributed by atoms with E-state index >= 15 is 0 Å². The fourth-order valence-electron chi connectivity index (χ4n) is 5.31. The molecule has 2 aromatic carbocycles. The fourth-order valence-corrected chi connectivity index (χ4v) is 5.31. The lowest BCUT2D eigenvalue weighted by molar-refractivity contribution is 0.407. The minimum absolute atomic E-state index is 0.400. The summed E-state index contributed by atoms with van der Waals surface area (Å²) in [4.78, 5) is 20.2. The van der Waals surface area contributed by atoms with Crippen LogP contribution in [0.4, 0.5) is 17.8 Å². The number of fused-ring (bicyclic) bond motifs is 2. The van der Waals surface area contributed by atoms with Crippen molar-refractivity contribution in [3.8, 4) is 0 Å². The number of hydrogen-bond donors (Lipinski definition) is 1. The number of hydrogen-bond acceptors (Lipinski definition) is 7. The van der Waals surface area contributed by atoms with Crippen molar-refractivity contribution in [2.75, 3.05) is 62.5 Å². The molecule has 0 atom stereocenters. The van der Waals surface area contributed by atoms with Crippen molar-refractivity contribution in [3.05, 3.63) is 70.8 Å². The van der Waals surface area contributed by atoms with E-state index in [9.17, 15) is 0 Å². The Morgan fingerprint density at radius 2 is 1.29 bits per heavy atom. The first-order chi connectivity index (χ1) is 17.0. The zero-order chi connectivity index (χ0) is 24.4. The largest absolute Gasteiger partial charge is 0.347 e. The Kier molecular flexibility index (Phi) is 6.86. The summed E-state index contributed by atoms with van der Waals surface area (Å²) in [5, 5.41) is 3.94. The molecule has 2 aliphatic rings. The van der Waals surface area contributed by atoms with Gasteiger partial charge in [0.1, 0.15) is 0 Å². The van der Waals surface area contributed by atoms with E-state index in [1.807, 2.05) is 38.0 Å². The van der Waals surface area contributed by atoms with Crippen LogP contribution in [0.2, 0.25) is 0 Å². The van der Waals surface area contributed by atoms with E-state index < -0.39 is 0 Å². The van der Waals surface area contributed by atoms with Crippen molar-refractivity contribution >= 4 is 17.8 Å². The summed E-state index contributed by atoms with van der Waals surface area (Å²) in [6, 6.07) is 18.5. The van der Waals surface area contributed by atoms with Crippen LogP contribution in [0, 0.1) is 0 Å². The molecule has 2 heterocycles. The van der Waals surface area contributed by atoms with Crippen LogP contribution in [0.25, 0.3) is 0 Å². The molecule has 184 valence electrons. The number of rotatable bonds is 6. The second-order valence-corrected chi connectivity index (χ2v) is 10.1. The number of aryl methyl sites for hydroxylation is 2. The molecule has 0 spiro atoms. The quantitative estimate of drug-likeness (QED) is 0.591. The average molecular weight is 472 g/mol. The van der Waals surface area contributed by atoms with Gasteiger partial charge in [-0.15, -0.1) is 0 Å². The van der Waals surface area contributed by atoms with Gasteiger partial charge in [-0.3, -0.25) is 0 Å². The molecule has 1 fully saturated rings. The lowest BCUT2D eigenvalue weighted by Crippen LogP contribution is -2.44. The summed E-state index contributed by atoms with van der Waals surface area (Å²) in [5.41, 5.74) is 5.96. The van der Waals surface area contributed by atoms with Crippen molar-refractivity contribution < 1.29 is 0 Å². The maximum absolute atomic E-state index is 4.73. The normalized spacial score (nSPS) is 16.4. The van der Waals surface area contributed by atoms with Crippen LogP contribution >= 0.6 is 0 Å². The fraction of sp³-hybridized carbons (Fsp3) is 0.464. The van der Waals surface area contributed by atoms with Gasteiger partial charge in [-0.2, -0.15) is 15.0 Å². The molecule has 1 saturated heterocycles. The third-order valence-electron chi connectivity index (χ3n) is 7.31. The van der Waals surface area contributed by atoms with Crippen LogP contribution in [0.3, 0.4) is 0 Å². The van der Waals surface area contributed by atoms with Gasteiger partial charge in [-0.1, -0.05) is 48.5 Å². The zero-order valence-electron chi connectivity index (χ0n) is 21.4. The first-order valence-electron chi connectivity index (χ1n) is 12.7. The van der Waals surface area contributed by atoms with Crippen molar-refractivity contribution in [1.29, 1.82) is 0 Å². The van der Waals surface area contributed by atoms with Crippen LogP contribution in [0.1, 0.15) is 41.0 Å². The molecule has 7 nitrogen and oxygen atoms in total. The number of nitrogens with one attached hydrogen (secondary N) is 1. The number of benzene rings is 2. The third kappa shape index (κ3) is 5.10. The van der Waals surface area contributed by atoms with Crippen LogP contribution in [-0.2, 0) is 12.8 Å². The maximum Gasteiger partial charge on any atom is 0.231 e. The first kappa shape index (κ1) is 23.5. The Balaban J connectivity index is 1.27. The molecule has 1 aliphatic heterocycles. The Bertz CT molecular complexity index is 1080. The van der Waals surface area contributed by atoms with E-state index in [1.54, 1.807) is 0 Å². The molecule has 1 aromatic heterocycles. The molecular formula is C28H37N7. The molecule has 5 rings (SSSR count). The van der Waals surface area contributed by atoms with Crippen molar-refractivity contribution in [2.45, 2.75) is 37.6 Å². The molecule has 1 N–H and O–H groups in total. The van der Waals surface area contributed by atoms with E-state index in [4.69, 9.17) is 9.97 Å². The molecular weight excluding hydrogens is 434 g/mol. The van der Waals surface area contributed by atoms with E-state index in [2.05, 4.69) is 63.7 Å². The van der Waals surface area contributed by atoms with Crippen molar-refractivity contribution in [2.24, 2.45) is 0 Å². The predicted octanol–water partition coefficient (Wildman–Crippen LogP) is 3.49. The lowest BCUT2D eigenvalue weighted by atomic mass is 9.87. The average Bonchev–Trinajstić information content (AvgIpc) is 3.04. The van der Waals surface area contributed by atoms with Gasteiger partial charge >= 0.3 is 0 Å². The van der Waals surface area contributed by atoms with Gasteiger partial charge in [-0.05, 0) is 47.9 Å². The molecule has 3 aromatic rings. The summed E-state index contributed by atoms with van der Waals surface area (Å²) < 4.78 is 0. The Hall–Kier alpha value is -3.19. The van der Waals surface area contributed by atoms with Crippen molar-refractivity contribution in [1.82, 2.24) is 20.3 Å². The monoisotopic (exact) mass is 471 g/mol. The number of anilines is 3. The second-order valence-electron chi connectivity index (χ2n) is 10.1. The van der Waals surface area contributed by atoms with Gasteiger partial charge in [0, 0.05) is 59.8 Å². The summed E-state index contributed by atoms with van der Waals surface area (Å²) in [6.45, 7) is 2.86. The highest BCUT2D eigenvalue weighted by Gasteiger charge is 2.26. The highest BCUT2D eigenvalue weighted by Crippen LogP contribution is 2.34. The SMILES string of the molecule is CN(C)c1nc(N(C)C)nc(N2CCC(NCC3c4ccccc4CCc4ccccc43)CC2)n1. The van der Waals surface area contributed by atoms with E-state index in [1.165, 1.54) is 22.3 Å². The van der Waals surface area contributed by atoms with Crippen molar-refractivity contribution in [3.63, 3.8) is 0 Å². The molecule has 0 saturated carbocycles. The van der Waals surface area contributed by atoms with Gasteiger partial charge < -0.3 is 20.0 Å². The minimum atomic E-state index is 0.400. The highest BCUT2D eigenvalue weighted by atomic mass is 15.4. The topological polar surface area (TPSA) is 60.4 Å². The third-order valence-corrected chi connectivity index (χ3v) is 7.31.